The fraction of sp³-hybridized carbons (Fsp3) is 0.130. The lowest BCUT2D eigenvalue weighted by Gasteiger charge is -2.38. The van der Waals surface area contributed by atoms with Crippen LogP contribution in [0.25, 0.3) is 5.70 Å². The molecule has 0 spiro atoms. The van der Waals surface area contributed by atoms with E-state index < -0.39 is 0 Å². The third-order valence-electron chi connectivity index (χ3n) is 5.58. The van der Waals surface area contributed by atoms with E-state index >= 15 is 0 Å². The lowest BCUT2D eigenvalue weighted by molar-refractivity contribution is 0.223. The first-order chi connectivity index (χ1) is 15.6. The summed E-state index contributed by atoms with van der Waals surface area (Å²) in [5, 5.41) is 12.5. The zero-order chi connectivity index (χ0) is 21.8. The van der Waals surface area contributed by atoms with E-state index in [2.05, 4.69) is 22.8 Å². The van der Waals surface area contributed by atoms with Gasteiger partial charge in [-0.25, -0.2) is 4.68 Å². The largest absolute Gasteiger partial charge is 0.480 e. The summed E-state index contributed by atoms with van der Waals surface area (Å²) in [5.41, 5.74) is 3.95. The minimum absolute atomic E-state index is 0.164. The van der Waals surface area contributed by atoms with Crippen LogP contribution in [0, 0.1) is 0 Å². The second-order valence-corrected chi connectivity index (χ2v) is 10.1. The fourth-order valence-corrected chi connectivity index (χ4v) is 5.67. The van der Waals surface area contributed by atoms with Gasteiger partial charge in [-0.05, 0) is 53.6 Å². The third kappa shape index (κ3) is 3.23. The van der Waals surface area contributed by atoms with Crippen molar-refractivity contribution in [2.75, 3.05) is 11.6 Å². The van der Waals surface area contributed by atoms with E-state index in [-0.39, 0.29) is 12.1 Å². The van der Waals surface area contributed by atoms with Crippen molar-refractivity contribution in [3.63, 3.8) is 0 Å². The number of benzene rings is 2. The van der Waals surface area contributed by atoms with Crippen molar-refractivity contribution in [1.29, 1.82) is 0 Å². The monoisotopic (exact) mass is 498 g/mol. The molecule has 9 heteroatoms. The highest BCUT2D eigenvalue weighted by Crippen LogP contribution is 2.52. The highest BCUT2D eigenvalue weighted by Gasteiger charge is 2.41. The van der Waals surface area contributed by atoms with E-state index in [0.717, 1.165) is 33.0 Å². The lowest BCUT2D eigenvalue weighted by Crippen LogP contribution is -2.32. The van der Waals surface area contributed by atoms with Gasteiger partial charge in [0.1, 0.15) is 17.9 Å². The SMILES string of the molecule is CSc1nc2n(n1)[C@H](c1cccs1)C1=C(N2)c2cc(Cl)ccc2O[C@@H]1c1ccc(Cl)cc1. The molecular formula is C23H16Cl2N4OS2. The van der Waals surface area contributed by atoms with Gasteiger partial charge in [-0.2, -0.15) is 4.98 Å². The second kappa shape index (κ2) is 7.85. The summed E-state index contributed by atoms with van der Waals surface area (Å²) in [4.78, 5) is 5.87. The maximum absolute atomic E-state index is 6.60. The number of rotatable bonds is 3. The zero-order valence-corrected chi connectivity index (χ0v) is 19.9. The van der Waals surface area contributed by atoms with Crippen molar-refractivity contribution in [2.45, 2.75) is 17.3 Å². The molecule has 2 aromatic heterocycles. The Morgan fingerprint density at radius 3 is 2.66 bits per heavy atom. The lowest BCUT2D eigenvalue weighted by atomic mass is 9.87. The highest BCUT2D eigenvalue weighted by atomic mass is 35.5. The highest BCUT2D eigenvalue weighted by molar-refractivity contribution is 7.98. The molecule has 2 aliphatic heterocycles. The topological polar surface area (TPSA) is 52.0 Å². The normalized spacial score (nSPS) is 19.0. The first-order valence-electron chi connectivity index (χ1n) is 9.89. The van der Waals surface area contributed by atoms with Gasteiger partial charge < -0.3 is 10.1 Å². The van der Waals surface area contributed by atoms with E-state index in [1.807, 2.05) is 53.4 Å². The predicted octanol–water partition coefficient (Wildman–Crippen LogP) is 6.93. The zero-order valence-electron chi connectivity index (χ0n) is 16.8. The average Bonchev–Trinajstić information content (AvgIpc) is 3.47. The van der Waals surface area contributed by atoms with Gasteiger partial charge in [0.2, 0.25) is 11.1 Å². The molecule has 2 aromatic carbocycles. The van der Waals surface area contributed by atoms with Crippen molar-refractivity contribution in [1.82, 2.24) is 14.8 Å². The summed E-state index contributed by atoms with van der Waals surface area (Å²) in [5.74, 6) is 1.47. The fourth-order valence-electron chi connectivity index (χ4n) is 4.20. The number of nitrogens with one attached hydrogen (secondary N) is 1. The quantitative estimate of drug-likeness (QED) is 0.310. The summed E-state index contributed by atoms with van der Waals surface area (Å²) in [7, 11) is 0. The number of ether oxygens (including phenoxy) is 1. The number of anilines is 1. The van der Waals surface area contributed by atoms with Crippen molar-refractivity contribution in [3.8, 4) is 5.75 Å². The molecule has 4 heterocycles. The molecule has 32 heavy (non-hydrogen) atoms. The van der Waals surface area contributed by atoms with Gasteiger partial charge in [-0.15, -0.1) is 16.4 Å². The summed E-state index contributed by atoms with van der Waals surface area (Å²) in [6.07, 6.45) is 1.65. The van der Waals surface area contributed by atoms with Crippen molar-refractivity contribution >= 4 is 57.9 Å². The summed E-state index contributed by atoms with van der Waals surface area (Å²) >= 11 is 15.8. The number of halogens is 2. The Kier molecular flexibility index (Phi) is 4.95. The minimum Gasteiger partial charge on any atom is -0.480 e. The molecule has 1 N–H and O–H groups in total. The molecule has 160 valence electrons. The van der Waals surface area contributed by atoms with Crippen molar-refractivity contribution < 1.29 is 4.74 Å². The molecule has 0 aliphatic carbocycles. The van der Waals surface area contributed by atoms with Gasteiger partial charge in [-0.1, -0.05) is 53.2 Å². The number of thioether (sulfide) groups is 1. The third-order valence-corrected chi connectivity index (χ3v) is 7.53. The molecule has 0 radical (unpaired) electrons. The van der Waals surface area contributed by atoms with Crippen LogP contribution in [0.1, 0.15) is 28.1 Å². The summed E-state index contributed by atoms with van der Waals surface area (Å²) in [6, 6.07) is 17.5. The Hall–Kier alpha value is -2.45. The van der Waals surface area contributed by atoms with E-state index in [0.29, 0.717) is 21.2 Å². The average molecular weight is 499 g/mol. The molecule has 0 unspecified atom stereocenters. The van der Waals surface area contributed by atoms with Crippen molar-refractivity contribution in [3.05, 3.63) is 91.6 Å². The molecule has 0 amide bonds. The molecule has 0 saturated heterocycles. The smallest absolute Gasteiger partial charge is 0.227 e. The van der Waals surface area contributed by atoms with Gasteiger partial charge in [0, 0.05) is 26.1 Å². The summed E-state index contributed by atoms with van der Waals surface area (Å²) < 4.78 is 8.55. The van der Waals surface area contributed by atoms with E-state index in [1.54, 1.807) is 11.3 Å². The molecule has 2 atom stereocenters. The van der Waals surface area contributed by atoms with Crippen LogP contribution in [0.4, 0.5) is 5.95 Å². The molecule has 5 nitrogen and oxygen atoms in total. The number of fused-ring (bicyclic) bond motifs is 3. The van der Waals surface area contributed by atoms with E-state index in [1.165, 1.54) is 11.8 Å². The molecule has 2 aliphatic rings. The summed E-state index contributed by atoms with van der Waals surface area (Å²) in [6.45, 7) is 0. The van der Waals surface area contributed by atoms with Crippen molar-refractivity contribution in [2.24, 2.45) is 0 Å². The Labute approximate surface area is 203 Å². The Morgan fingerprint density at radius 1 is 1.09 bits per heavy atom. The van der Waals surface area contributed by atoms with Crippen LogP contribution in [-0.4, -0.2) is 21.0 Å². The first kappa shape index (κ1) is 20.2. The molecular weight excluding hydrogens is 483 g/mol. The van der Waals surface area contributed by atoms with Crippen LogP contribution in [0.3, 0.4) is 0 Å². The second-order valence-electron chi connectivity index (χ2n) is 7.43. The molecule has 0 saturated carbocycles. The maximum atomic E-state index is 6.60. The predicted molar refractivity (Wildman–Crippen MR) is 131 cm³/mol. The van der Waals surface area contributed by atoms with Gasteiger partial charge in [0.05, 0.1) is 5.70 Å². The van der Waals surface area contributed by atoms with E-state index in [4.69, 9.17) is 38.0 Å². The molecule has 4 aromatic rings. The minimum atomic E-state index is -0.328. The number of hydrogen-bond donors (Lipinski definition) is 1. The Balaban J connectivity index is 1.63. The van der Waals surface area contributed by atoms with Crippen LogP contribution >= 0.6 is 46.3 Å². The number of hydrogen-bond acceptors (Lipinski definition) is 6. The number of aromatic nitrogens is 3. The Morgan fingerprint density at radius 2 is 1.91 bits per heavy atom. The van der Waals surface area contributed by atoms with Gasteiger partial charge in [-0.3, -0.25) is 0 Å². The Bertz CT molecular complexity index is 1350. The first-order valence-corrected chi connectivity index (χ1v) is 12.8. The molecule has 6 rings (SSSR count). The maximum Gasteiger partial charge on any atom is 0.227 e. The van der Waals surface area contributed by atoms with Gasteiger partial charge in [0.15, 0.2) is 0 Å². The van der Waals surface area contributed by atoms with Crippen LogP contribution < -0.4 is 10.1 Å². The van der Waals surface area contributed by atoms with Crippen LogP contribution in [-0.2, 0) is 0 Å². The molecule has 0 fully saturated rings. The van der Waals surface area contributed by atoms with E-state index in [9.17, 15) is 0 Å². The number of thiophene rings is 1. The number of nitrogens with zero attached hydrogens (tertiary/aromatic N) is 3. The van der Waals surface area contributed by atoms with Crippen LogP contribution in [0.2, 0.25) is 10.0 Å². The standard InChI is InChI=1S/C23H16Cl2N4OS2/c1-31-23-27-22-26-19-15-11-14(25)8-9-16(15)30-21(12-4-6-13(24)7-5-12)18(19)20(29(22)28-23)17-3-2-10-32-17/h2-11,20-21H,1H3,(H,26,27,28)/t20-,21-/m1/s1. The van der Waals surface area contributed by atoms with Gasteiger partial charge >= 0.3 is 0 Å². The van der Waals surface area contributed by atoms with Gasteiger partial charge in [0.25, 0.3) is 0 Å². The molecule has 0 bridgehead atoms. The van der Waals surface area contributed by atoms with Crippen LogP contribution in [0.5, 0.6) is 5.75 Å². The van der Waals surface area contributed by atoms with Crippen LogP contribution in [0.15, 0.2) is 70.7 Å².